The summed E-state index contributed by atoms with van der Waals surface area (Å²) in [7, 11) is 0. The molecule has 3 nitrogen and oxygen atoms in total. The molecule has 0 aliphatic carbocycles. The van der Waals surface area contributed by atoms with Crippen LogP contribution < -0.4 is 5.32 Å². The van der Waals surface area contributed by atoms with Crippen molar-refractivity contribution < 1.29 is 5.11 Å². The van der Waals surface area contributed by atoms with Crippen LogP contribution in [0.3, 0.4) is 0 Å². The number of aliphatic hydroxyl groups excluding tert-OH is 1. The molecule has 0 radical (unpaired) electrons. The molecule has 2 unspecified atom stereocenters. The standard InChI is InChI=1S/C15H20N2O/c1-10-3-2-4-13-11(9-17-15(10)13)7-12-8-16-6-5-14(12)18/h2-4,9,12,14,16-18H,5-8H2,1H3. The normalized spacial score (nSPS) is 24.6. The third kappa shape index (κ3) is 2.04. The van der Waals surface area contributed by atoms with E-state index in [1.54, 1.807) is 0 Å². The number of aryl methyl sites for hydroxylation is 1. The first kappa shape index (κ1) is 11.8. The fourth-order valence-electron chi connectivity index (χ4n) is 2.93. The van der Waals surface area contributed by atoms with Crippen LogP contribution >= 0.6 is 0 Å². The lowest BCUT2D eigenvalue weighted by molar-refractivity contribution is 0.0793. The topological polar surface area (TPSA) is 48.0 Å². The molecule has 2 atom stereocenters. The van der Waals surface area contributed by atoms with E-state index in [0.717, 1.165) is 25.9 Å². The van der Waals surface area contributed by atoms with Gasteiger partial charge in [0.25, 0.3) is 0 Å². The molecule has 0 bridgehead atoms. The van der Waals surface area contributed by atoms with Crippen molar-refractivity contribution in [3.8, 4) is 0 Å². The molecule has 2 aromatic rings. The van der Waals surface area contributed by atoms with Crippen LogP contribution in [0, 0.1) is 12.8 Å². The lowest BCUT2D eigenvalue weighted by atomic mass is 9.89. The Morgan fingerprint density at radius 2 is 2.28 bits per heavy atom. The van der Waals surface area contributed by atoms with Gasteiger partial charge in [-0.2, -0.15) is 0 Å². The van der Waals surface area contributed by atoms with Gasteiger partial charge in [0.05, 0.1) is 6.10 Å². The second-order valence-electron chi connectivity index (χ2n) is 5.34. The minimum Gasteiger partial charge on any atom is -0.393 e. The van der Waals surface area contributed by atoms with E-state index < -0.39 is 0 Å². The summed E-state index contributed by atoms with van der Waals surface area (Å²) in [6.45, 7) is 3.98. The van der Waals surface area contributed by atoms with Crippen molar-refractivity contribution in [2.45, 2.75) is 25.9 Å². The molecule has 1 fully saturated rings. The molecule has 0 saturated carbocycles. The van der Waals surface area contributed by atoms with Crippen LogP contribution in [0.2, 0.25) is 0 Å². The Hall–Kier alpha value is -1.32. The molecule has 1 aromatic carbocycles. The number of hydrogen-bond acceptors (Lipinski definition) is 2. The van der Waals surface area contributed by atoms with E-state index in [2.05, 4.69) is 41.6 Å². The molecule has 18 heavy (non-hydrogen) atoms. The quantitative estimate of drug-likeness (QED) is 0.756. The summed E-state index contributed by atoms with van der Waals surface area (Å²) < 4.78 is 0. The van der Waals surface area contributed by atoms with E-state index in [9.17, 15) is 5.11 Å². The van der Waals surface area contributed by atoms with Gasteiger partial charge in [-0.15, -0.1) is 0 Å². The Labute approximate surface area is 107 Å². The Kier molecular flexibility index (Phi) is 3.10. The monoisotopic (exact) mass is 244 g/mol. The van der Waals surface area contributed by atoms with Crippen LogP contribution in [0.1, 0.15) is 17.5 Å². The molecule has 3 heteroatoms. The first-order valence-corrected chi connectivity index (χ1v) is 6.70. The van der Waals surface area contributed by atoms with Gasteiger partial charge < -0.3 is 15.4 Å². The van der Waals surface area contributed by atoms with E-state index in [0.29, 0.717) is 5.92 Å². The Balaban J connectivity index is 1.88. The molecule has 2 heterocycles. The summed E-state index contributed by atoms with van der Waals surface area (Å²) in [6.07, 6.45) is 3.74. The maximum atomic E-state index is 10.0. The third-order valence-corrected chi connectivity index (χ3v) is 4.06. The highest BCUT2D eigenvalue weighted by Crippen LogP contribution is 2.25. The minimum atomic E-state index is -0.166. The zero-order valence-corrected chi connectivity index (χ0v) is 10.7. The number of aromatic nitrogens is 1. The van der Waals surface area contributed by atoms with Crippen molar-refractivity contribution >= 4 is 10.9 Å². The highest BCUT2D eigenvalue weighted by Gasteiger charge is 2.23. The number of hydrogen-bond donors (Lipinski definition) is 3. The Morgan fingerprint density at radius 1 is 1.39 bits per heavy atom. The second-order valence-corrected chi connectivity index (χ2v) is 5.34. The van der Waals surface area contributed by atoms with Gasteiger partial charge in [0.1, 0.15) is 0 Å². The van der Waals surface area contributed by atoms with Crippen LogP contribution in [0.5, 0.6) is 0 Å². The van der Waals surface area contributed by atoms with E-state index in [1.165, 1.54) is 22.0 Å². The van der Waals surface area contributed by atoms with Crippen molar-refractivity contribution in [1.29, 1.82) is 0 Å². The first-order chi connectivity index (χ1) is 8.75. The number of piperidine rings is 1. The van der Waals surface area contributed by atoms with Crippen molar-refractivity contribution in [2.24, 2.45) is 5.92 Å². The maximum Gasteiger partial charge on any atom is 0.0595 e. The van der Waals surface area contributed by atoms with Gasteiger partial charge in [0.2, 0.25) is 0 Å². The first-order valence-electron chi connectivity index (χ1n) is 6.70. The average molecular weight is 244 g/mol. The zero-order chi connectivity index (χ0) is 12.5. The summed E-state index contributed by atoms with van der Waals surface area (Å²) >= 11 is 0. The molecule has 1 aliphatic rings. The van der Waals surface area contributed by atoms with Crippen molar-refractivity contribution in [3.05, 3.63) is 35.5 Å². The SMILES string of the molecule is Cc1cccc2c(CC3CNCCC3O)c[nH]c12. The molecule has 0 spiro atoms. The van der Waals surface area contributed by atoms with E-state index >= 15 is 0 Å². The fraction of sp³-hybridized carbons (Fsp3) is 0.467. The molecular formula is C15H20N2O. The van der Waals surface area contributed by atoms with E-state index in [4.69, 9.17) is 0 Å². The third-order valence-electron chi connectivity index (χ3n) is 4.06. The molecule has 96 valence electrons. The predicted octanol–water partition coefficient (Wildman–Crippen LogP) is 1.99. The van der Waals surface area contributed by atoms with Crippen LogP contribution in [0.15, 0.2) is 24.4 Å². The molecule has 1 aliphatic heterocycles. The number of aromatic amines is 1. The predicted molar refractivity (Wildman–Crippen MR) is 73.7 cm³/mol. The summed E-state index contributed by atoms with van der Waals surface area (Å²) in [4.78, 5) is 3.36. The number of rotatable bonds is 2. The lowest BCUT2D eigenvalue weighted by Crippen LogP contribution is -2.40. The molecule has 0 amide bonds. The number of aliphatic hydroxyl groups is 1. The summed E-state index contributed by atoms with van der Waals surface area (Å²) in [5, 5.41) is 14.7. The molecule has 1 saturated heterocycles. The number of H-pyrrole nitrogens is 1. The number of benzene rings is 1. The van der Waals surface area contributed by atoms with E-state index in [1.807, 2.05) is 0 Å². The highest BCUT2D eigenvalue weighted by atomic mass is 16.3. The van der Waals surface area contributed by atoms with Crippen molar-refractivity contribution in [1.82, 2.24) is 10.3 Å². The maximum absolute atomic E-state index is 10.0. The highest BCUT2D eigenvalue weighted by molar-refractivity contribution is 5.85. The van der Waals surface area contributed by atoms with Crippen molar-refractivity contribution in [3.63, 3.8) is 0 Å². The Bertz CT molecular complexity index is 546. The van der Waals surface area contributed by atoms with Gasteiger partial charge in [-0.1, -0.05) is 18.2 Å². The van der Waals surface area contributed by atoms with Gasteiger partial charge >= 0.3 is 0 Å². The molecule has 1 aromatic heterocycles. The van der Waals surface area contributed by atoms with Crippen LogP contribution in [-0.4, -0.2) is 29.3 Å². The van der Waals surface area contributed by atoms with Crippen LogP contribution in [-0.2, 0) is 6.42 Å². The summed E-state index contributed by atoms with van der Waals surface area (Å²) in [5.41, 5.74) is 3.83. The van der Waals surface area contributed by atoms with Gasteiger partial charge in [0, 0.05) is 29.6 Å². The largest absolute Gasteiger partial charge is 0.393 e. The van der Waals surface area contributed by atoms with Crippen LogP contribution in [0.25, 0.3) is 10.9 Å². The minimum absolute atomic E-state index is 0.166. The smallest absolute Gasteiger partial charge is 0.0595 e. The number of para-hydroxylation sites is 1. The zero-order valence-electron chi connectivity index (χ0n) is 10.7. The second kappa shape index (κ2) is 4.75. The summed E-state index contributed by atoms with van der Waals surface area (Å²) in [6, 6.07) is 6.39. The average Bonchev–Trinajstić information content (AvgIpc) is 2.77. The number of nitrogens with one attached hydrogen (secondary N) is 2. The fourth-order valence-corrected chi connectivity index (χ4v) is 2.93. The molecular weight excluding hydrogens is 224 g/mol. The van der Waals surface area contributed by atoms with Gasteiger partial charge in [-0.3, -0.25) is 0 Å². The van der Waals surface area contributed by atoms with Gasteiger partial charge in [-0.05, 0) is 37.4 Å². The number of fused-ring (bicyclic) bond motifs is 1. The molecule has 3 rings (SSSR count). The van der Waals surface area contributed by atoms with E-state index in [-0.39, 0.29) is 6.10 Å². The summed E-state index contributed by atoms with van der Waals surface area (Å²) in [5.74, 6) is 0.332. The van der Waals surface area contributed by atoms with Gasteiger partial charge in [0.15, 0.2) is 0 Å². The van der Waals surface area contributed by atoms with Crippen molar-refractivity contribution in [2.75, 3.05) is 13.1 Å². The van der Waals surface area contributed by atoms with Crippen LogP contribution in [0.4, 0.5) is 0 Å². The molecule has 3 N–H and O–H groups in total. The van der Waals surface area contributed by atoms with Gasteiger partial charge in [-0.25, -0.2) is 0 Å². The Morgan fingerprint density at radius 3 is 3.11 bits per heavy atom. The lowest BCUT2D eigenvalue weighted by Gasteiger charge is -2.28.